The van der Waals surface area contributed by atoms with E-state index in [1.54, 1.807) is 18.2 Å². The van der Waals surface area contributed by atoms with Crippen LogP contribution < -0.4 is 16.2 Å². The van der Waals surface area contributed by atoms with Crippen LogP contribution in [0.15, 0.2) is 35.3 Å². The Labute approximate surface area is 124 Å². The Kier molecular flexibility index (Phi) is 4.72. The SMILES string of the molecule is O=c1[nH]ncc(NCCNc2ccccc2[N+](=O)[O-])c1Cl. The maximum absolute atomic E-state index is 11.2. The third-order valence-corrected chi connectivity index (χ3v) is 3.03. The van der Waals surface area contributed by atoms with Gasteiger partial charge in [-0.2, -0.15) is 5.10 Å². The fourth-order valence-corrected chi connectivity index (χ4v) is 1.84. The van der Waals surface area contributed by atoms with Gasteiger partial charge in [0.2, 0.25) is 0 Å². The van der Waals surface area contributed by atoms with Crippen molar-refractivity contribution in [3.63, 3.8) is 0 Å². The summed E-state index contributed by atoms with van der Waals surface area (Å²) in [4.78, 5) is 21.6. The second kappa shape index (κ2) is 6.71. The van der Waals surface area contributed by atoms with Gasteiger partial charge in [0.1, 0.15) is 10.7 Å². The first-order valence-electron chi connectivity index (χ1n) is 6.04. The summed E-state index contributed by atoms with van der Waals surface area (Å²) in [7, 11) is 0. The van der Waals surface area contributed by atoms with E-state index in [0.717, 1.165) is 0 Å². The lowest BCUT2D eigenvalue weighted by atomic mass is 10.2. The number of benzene rings is 1. The van der Waals surface area contributed by atoms with Gasteiger partial charge in [0.25, 0.3) is 11.2 Å². The Morgan fingerprint density at radius 1 is 1.24 bits per heavy atom. The largest absolute Gasteiger partial charge is 0.381 e. The zero-order valence-corrected chi connectivity index (χ0v) is 11.6. The van der Waals surface area contributed by atoms with Crippen LogP contribution in [0.3, 0.4) is 0 Å². The molecule has 8 nitrogen and oxygen atoms in total. The number of halogens is 1. The molecule has 0 aliphatic carbocycles. The van der Waals surface area contributed by atoms with Crippen LogP contribution in [0.5, 0.6) is 0 Å². The van der Waals surface area contributed by atoms with Crippen LogP contribution in [0.4, 0.5) is 17.1 Å². The number of H-pyrrole nitrogens is 1. The number of anilines is 2. The van der Waals surface area contributed by atoms with Gasteiger partial charge >= 0.3 is 0 Å². The number of hydrogen-bond acceptors (Lipinski definition) is 6. The van der Waals surface area contributed by atoms with Crippen molar-refractivity contribution in [1.29, 1.82) is 0 Å². The van der Waals surface area contributed by atoms with Gasteiger partial charge in [-0.05, 0) is 6.07 Å². The zero-order valence-electron chi connectivity index (χ0n) is 10.8. The molecule has 0 amide bonds. The molecule has 0 unspecified atom stereocenters. The highest BCUT2D eigenvalue weighted by atomic mass is 35.5. The summed E-state index contributed by atoms with van der Waals surface area (Å²) in [6.07, 6.45) is 1.40. The van der Waals surface area contributed by atoms with Gasteiger partial charge in [-0.1, -0.05) is 23.7 Å². The summed E-state index contributed by atoms with van der Waals surface area (Å²) >= 11 is 5.80. The first-order valence-corrected chi connectivity index (χ1v) is 6.41. The van der Waals surface area contributed by atoms with Crippen molar-refractivity contribution < 1.29 is 4.92 Å². The minimum absolute atomic E-state index is 0.00774. The monoisotopic (exact) mass is 309 g/mol. The third-order valence-electron chi connectivity index (χ3n) is 2.65. The second-order valence-corrected chi connectivity index (χ2v) is 4.43. The Balaban J connectivity index is 1.92. The first kappa shape index (κ1) is 14.8. The van der Waals surface area contributed by atoms with E-state index in [1.807, 2.05) is 0 Å². The van der Waals surface area contributed by atoms with Crippen LogP contribution >= 0.6 is 11.6 Å². The molecular weight excluding hydrogens is 298 g/mol. The summed E-state index contributed by atoms with van der Waals surface area (Å²) in [5.74, 6) is 0. The van der Waals surface area contributed by atoms with Gasteiger partial charge in [-0.15, -0.1) is 0 Å². The lowest BCUT2D eigenvalue weighted by Crippen LogP contribution is -2.17. The molecule has 0 aliphatic heterocycles. The molecule has 0 saturated carbocycles. The molecule has 21 heavy (non-hydrogen) atoms. The Hall–Kier alpha value is -2.61. The van der Waals surface area contributed by atoms with Crippen molar-refractivity contribution in [3.8, 4) is 0 Å². The number of nitro groups is 1. The Morgan fingerprint density at radius 3 is 2.62 bits per heavy atom. The molecule has 1 heterocycles. The standard InChI is InChI=1S/C12H12ClN5O3/c13-11-9(7-16-17-12(11)19)15-6-5-14-8-3-1-2-4-10(8)18(20)21/h1-4,7,14H,5-6H2,(H2,15,17,19). The summed E-state index contributed by atoms with van der Waals surface area (Å²) < 4.78 is 0. The molecule has 0 atom stereocenters. The molecule has 0 radical (unpaired) electrons. The van der Waals surface area contributed by atoms with Crippen molar-refractivity contribution >= 4 is 28.7 Å². The molecule has 1 aromatic carbocycles. The van der Waals surface area contributed by atoms with Gasteiger partial charge in [-0.25, -0.2) is 5.10 Å². The summed E-state index contributed by atoms with van der Waals surface area (Å²) in [6, 6.07) is 6.36. The predicted octanol–water partition coefficient (Wildman–Crippen LogP) is 1.86. The van der Waals surface area contributed by atoms with Crippen LogP contribution in [-0.2, 0) is 0 Å². The van der Waals surface area contributed by atoms with Crippen LogP contribution in [0.2, 0.25) is 5.02 Å². The Bertz CT molecular complexity index is 703. The molecule has 110 valence electrons. The van der Waals surface area contributed by atoms with E-state index in [-0.39, 0.29) is 10.7 Å². The number of nitrogens with one attached hydrogen (secondary N) is 3. The molecule has 9 heteroatoms. The summed E-state index contributed by atoms with van der Waals surface area (Å²) in [5, 5.41) is 22.6. The second-order valence-electron chi connectivity index (χ2n) is 4.05. The number of aromatic nitrogens is 2. The van der Waals surface area contributed by atoms with Crippen LogP contribution in [0.25, 0.3) is 0 Å². The van der Waals surface area contributed by atoms with Gasteiger partial charge in [0, 0.05) is 19.2 Å². The fourth-order valence-electron chi connectivity index (χ4n) is 1.68. The van der Waals surface area contributed by atoms with Crippen molar-refractivity contribution in [2.45, 2.75) is 0 Å². The topological polar surface area (TPSA) is 113 Å². The van der Waals surface area contributed by atoms with Crippen molar-refractivity contribution in [3.05, 3.63) is 56.0 Å². The van der Waals surface area contributed by atoms with Gasteiger partial charge < -0.3 is 10.6 Å². The van der Waals surface area contributed by atoms with E-state index in [2.05, 4.69) is 20.8 Å². The molecule has 0 spiro atoms. The van der Waals surface area contributed by atoms with Crippen LogP contribution in [-0.4, -0.2) is 28.2 Å². The maximum Gasteiger partial charge on any atom is 0.292 e. The van der Waals surface area contributed by atoms with E-state index in [0.29, 0.717) is 24.5 Å². The van der Waals surface area contributed by atoms with Gasteiger partial charge in [0.05, 0.1) is 16.8 Å². The number of rotatable bonds is 6. The smallest absolute Gasteiger partial charge is 0.292 e. The van der Waals surface area contributed by atoms with Gasteiger partial charge in [-0.3, -0.25) is 14.9 Å². The highest BCUT2D eigenvalue weighted by Gasteiger charge is 2.11. The molecular formula is C12H12ClN5O3. The molecule has 3 N–H and O–H groups in total. The van der Waals surface area contributed by atoms with E-state index < -0.39 is 10.5 Å². The van der Waals surface area contributed by atoms with E-state index in [1.165, 1.54) is 12.3 Å². The average molecular weight is 310 g/mol. The number of aromatic amines is 1. The minimum atomic E-state index is -0.478. The van der Waals surface area contributed by atoms with Crippen LogP contribution in [0, 0.1) is 10.1 Å². The van der Waals surface area contributed by atoms with Crippen LogP contribution in [0.1, 0.15) is 0 Å². The molecule has 0 saturated heterocycles. The quantitative estimate of drug-likeness (QED) is 0.426. The predicted molar refractivity (Wildman–Crippen MR) is 79.9 cm³/mol. The molecule has 2 rings (SSSR count). The van der Waals surface area contributed by atoms with Crippen molar-refractivity contribution in [2.75, 3.05) is 23.7 Å². The number of nitro benzene ring substituents is 1. The molecule has 2 aromatic rings. The zero-order chi connectivity index (χ0) is 15.2. The highest BCUT2D eigenvalue weighted by molar-refractivity contribution is 6.32. The molecule has 1 aromatic heterocycles. The highest BCUT2D eigenvalue weighted by Crippen LogP contribution is 2.22. The number of para-hydroxylation sites is 2. The molecule has 0 aliphatic rings. The summed E-state index contributed by atoms with van der Waals surface area (Å²) in [6.45, 7) is 0.824. The fraction of sp³-hybridized carbons (Fsp3) is 0.167. The first-order chi connectivity index (χ1) is 10.1. The number of nitrogens with zero attached hydrogens (tertiary/aromatic N) is 2. The average Bonchev–Trinajstić information content (AvgIpc) is 2.48. The minimum Gasteiger partial charge on any atom is -0.381 e. The molecule has 0 bridgehead atoms. The van der Waals surface area contributed by atoms with Crippen molar-refractivity contribution in [2.24, 2.45) is 0 Å². The van der Waals surface area contributed by atoms with Crippen molar-refractivity contribution in [1.82, 2.24) is 10.2 Å². The molecule has 0 fully saturated rings. The lowest BCUT2D eigenvalue weighted by molar-refractivity contribution is -0.384. The van der Waals surface area contributed by atoms with E-state index in [9.17, 15) is 14.9 Å². The third kappa shape index (κ3) is 3.69. The van der Waals surface area contributed by atoms with E-state index in [4.69, 9.17) is 11.6 Å². The maximum atomic E-state index is 11.2. The number of hydrogen-bond donors (Lipinski definition) is 3. The van der Waals surface area contributed by atoms with Gasteiger partial charge in [0.15, 0.2) is 0 Å². The lowest BCUT2D eigenvalue weighted by Gasteiger charge is -2.09. The normalized spacial score (nSPS) is 10.1. The van der Waals surface area contributed by atoms with E-state index >= 15 is 0 Å². The Morgan fingerprint density at radius 2 is 1.90 bits per heavy atom. The summed E-state index contributed by atoms with van der Waals surface area (Å²) in [5.41, 5.74) is 0.367.